The predicted molar refractivity (Wildman–Crippen MR) is 116 cm³/mol. The molecule has 12 heteroatoms. The average molecular weight is 469 g/mol. The standard InChI is InChI=1S/C21H15ClF2N8O/c22-18-17(11-5-26-30-20(11)12(19(18)24)7-32-3-1-2-27-32)14-8-31-9-15(28-16(31)6-25-14)29-21(33)10-4-13(10)23/h1-3,5-6,8-10,13H,4,7H2,(H,26,30)(H,29,33)/t10-,13+/m1/s1. The third-order valence-corrected chi connectivity index (χ3v) is 6.02. The van der Waals surface area contributed by atoms with E-state index in [1.807, 2.05) is 0 Å². The fourth-order valence-corrected chi connectivity index (χ4v) is 4.19. The molecule has 0 bridgehead atoms. The second-order valence-electron chi connectivity index (χ2n) is 7.86. The number of carbonyl (C=O) groups is 1. The van der Waals surface area contributed by atoms with Crippen LogP contribution in [0.3, 0.4) is 0 Å². The van der Waals surface area contributed by atoms with E-state index >= 15 is 4.39 Å². The first-order chi connectivity index (χ1) is 16.0. The Bertz CT molecular complexity index is 1530. The largest absolute Gasteiger partial charge is 0.309 e. The summed E-state index contributed by atoms with van der Waals surface area (Å²) in [4.78, 5) is 20.7. The van der Waals surface area contributed by atoms with E-state index in [0.29, 0.717) is 33.4 Å². The van der Waals surface area contributed by atoms with Gasteiger partial charge in [-0.1, -0.05) is 11.6 Å². The zero-order valence-corrected chi connectivity index (χ0v) is 17.6. The lowest BCUT2D eigenvalue weighted by Crippen LogP contribution is -2.15. The molecule has 1 fully saturated rings. The molecule has 9 nitrogen and oxygen atoms in total. The minimum Gasteiger partial charge on any atom is -0.309 e. The van der Waals surface area contributed by atoms with Crippen molar-refractivity contribution in [2.45, 2.75) is 19.1 Å². The maximum Gasteiger partial charge on any atom is 0.231 e. The van der Waals surface area contributed by atoms with E-state index in [0.717, 1.165) is 0 Å². The van der Waals surface area contributed by atoms with Crippen LogP contribution < -0.4 is 5.32 Å². The van der Waals surface area contributed by atoms with E-state index in [4.69, 9.17) is 11.6 Å². The number of benzene rings is 1. The number of imidazole rings is 1. The Morgan fingerprint density at radius 1 is 1.33 bits per heavy atom. The number of nitrogens with one attached hydrogen (secondary N) is 2. The maximum atomic E-state index is 15.4. The zero-order valence-electron chi connectivity index (χ0n) is 16.8. The van der Waals surface area contributed by atoms with E-state index in [1.165, 1.54) is 6.20 Å². The van der Waals surface area contributed by atoms with E-state index in [1.54, 1.807) is 46.1 Å². The molecule has 33 heavy (non-hydrogen) atoms. The van der Waals surface area contributed by atoms with Gasteiger partial charge in [-0.05, 0) is 12.5 Å². The Kier molecular flexibility index (Phi) is 4.40. The molecule has 1 aliphatic carbocycles. The Morgan fingerprint density at radius 3 is 2.94 bits per heavy atom. The predicted octanol–water partition coefficient (Wildman–Crippen LogP) is 3.61. The van der Waals surface area contributed by atoms with Crippen molar-refractivity contribution in [3.63, 3.8) is 0 Å². The summed E-state index contributed by atoms with van der Waals surface area (Å²) in [5, 5.41) is 14.2. The van der Waals surface area contributed by atoms with Crippen molar-refractivity contribution in [2.24, 2.45) is 5.92 Å². The highest BCUT2D eigenvalue weighted by Gasteiger charge is 2.43. The quantitative estimate of drug-likeness (QED) is 0.410. The van der Waals surface area contributed by atoms with Crippen LogP contribution in [0, 0.1) is 11.7 Å². The highest BCUT2D eigenvalue weighted by molar-refractivity contribution is 6.35. The number of rotatable bonds is 5. The third-order valence-electron chi connectivity index (χ3n) is 5.67. The number of carbonyl (C=O) groups excluding carboxylic acids is 1. The van der Waals surface area contributed by atoms with Crippen molar-refractivity contribution in [3.05, 3.63) is 59.7 Å². The number of H-pyrrole nitrogens is 1. The van der Waals surface area contributed by atoms with Crippen LogP contribution in [-0.2, 0) is 11.3 Å². The molecule has 2 N–H and O–H groups in total. The molecule has 0 radical (unpaired) electrons. The fraction of sp³-hybridized carbons (Fsp3) is 0.190. The lowest BCUT2D eigenvalue weighted by molar-refractivity contribution is -0.117. The lowest BCUT2D eigenvalue weighted by Gasteiger charge is -2.12. The normalized spacial score (nSPS) is 17.7. The van der Waals surface area contributed by atoms with Crippen LogP contribution in [0.1, 0.15) is 12.0 Å². The van der Waals surface area contributed by atoms with Gasteiger partial charge in [-0.15, -0.1) is 0 Å². The fourth-order valence-electron chi connectivity index (χ4n) is 3.87. The van der Waals surface area contributed by atoms with E-state index in [-0.39, 0.29) is 23.8 Å². The molecule has 0 spiro atoms. The number of hydrogen-bond donors (Lipinski definition) is 2. The summed E-state index contributed by atoms with van der Waals surface area (Å²) in [6, 6.07) is 1.75. The van der Waals surface area contributed by atoms with Gasteiger partial charge in [0.25, 0.3) is 0 Å². The van der Waals surface area contributed by atoms with Gasteiger partial charge in [0.1, 0.15) is 12.0 Å². The maximum absolute atomic E-state index is 15.4. The van der Waals surface area contributed by atoms with Crippen LogP contribution in [0.2, 0.25) is 5.02 Å². The first-order valence-electron chi connectivity index (χ1n) is 10.1. The van der Waals surface area contributed by atoms with Gasteiger partial charge in [-0.25, -0.2) is 13.8 Å². The summed E-state index contributed by atoms with van der Waals surface area (Å²) in [7, 11) is 0. The van der Waals surface area contributed by atoms with E-state index in [9.17, 15) is 9.18 Å². The van der Waals surface area contributed by atoms with Crippen molar-refractivity contribution in [2.75, 3.05) is 5.32 Å². The van der Waals surface area contributed by atoms with Crippen molar-refractivity contribution < 1.29 is 13.6 Å². The second kappa shape index (κ2) is 7.34. The van der Waals surface area contributed by atoms with Crippen LogP contribution in [-0.4, -0.2) is 46.4 Å². The van der Waals surface area contributed by atoms with Crippen molar-refractivity contribution >= 4 is 39.9 Å². The summed E-state index contributed by atoms with van der Waals surface area (Å²) in [6.07, 6.45) is 8.73. The number of fused-ring (bicyclic) bond motifs is 2. The Hall–Kier alpha value is -3.86. The third kappa shape index (κ3) is 3.32. The lowest BCUT2D eigenvalue weighted by atomic mass is 10.0. The zero-order chi connectivity index (χ0) is 22.7. The molecule has 1 aliphatic rings. The van der Waals surface area contributed by atoms with Gasteiger partial charge in [0.2, 0.25) is 5.91 Å². The molecule has 6 rings (SSSR count). The number of nitrogens with zero attached hydrogens (tertiary/aromatic N) is 6. The SMILES string of the molecule is O=C(Nc1cn2cc(-c3c(Cl)c(F)c(Cn4cccn4)c4[nH]ncc34)ncc2n1)[C@@H]1C[C@@H]1F. The smallest absolute Gasteiger partial charge is 0.231 e. The number of hydrogen-bond acceptors (Lipinski definition) is 5. The van der Waals surface area contributed by atoms with E-state index in [2.05, 4.69) is 30.6 Å². The van der Waals surface area contributed by atoms with Crippen molar-refractivity contribution in [3.8, 4) is 11.3 Å². The number of anilines is 1. The molecule has 4 heterocycles. The van der Waals surface area contributed by atoms with Crippen molar-refractivity contribution in [1.29, 1.82) is 0 Å². The Morgan fingerprint density at radius 2 is 2.18 bits per heavy atom. The average Bonchev–Trinajstić information content (AvgIpc) is 3.22. The summed E-state index contributed by atoms with van der Waals surface area (Å²) in [5.74, 6) is -1.35. The summed E-state index contributed by atoms with van der Waals surface area (Å²) in [6.45, 7) is 0.176. The number of amides is 1. The summed E-state index contributed by atoms with van der Waals surface area (Å²) < 4.78 is 31.7. The van der Waals surface area contributed by atoms with Crippen molar-refractivity contribution in [1.82, 2.24) is 34.3 Å². The summed E-state index contributed by atoms with van der Waals surface area (Å²) >= 11 is 6.49. The molecular formula is C21H15ClF2N8O. The molecule has 5 aromatic rings. The minimum absolute atomic E-state index is 0.0886. The number of halogens is 3. The van der Waals surface area contributed by atoms with Gasteiger partial charge in [-0.3, -0.25) is 19.6 Å². The molecule has 1 amide bonds. The molecule has 1 saturated carbocycles. The van der Waals surface area contributed by atoms with Crippen LogP contribution in [0.25, 0.3) is 27.8 Å². The number of aromatic amines is 1. The van der Waals surface area contributed by atoms with Gasteiger partial charge in [-0.2, -0.15) is 10.2 Å². The van der Waals surface area contributed by atoms with Crippen LogP contribution in [0.15, 0.2) is 43.2 Å². The second-order valence-corrected chi connectivity index (χ2v) is 8.23. The first-order valence-corrected chi connectivity index (χ1v) is 10.5. The van der Waals surface area contributed by atoms with Gasteiger partial charge < -0.3 is 9.72 Å². The van der Waals surface area contributed by atoms with Crippen LogP contribution >= 0.6 is 11.6 Å². The summed E-state index contributed by atoms with van der Waals surface area (Å²) in [5.41, 5.74) is 2.05. The van der Waals surface area contributed by atoms with E-state index < -0.39 is 23.8 Å². The molecule has 166 valence electrons. The Balaban J connectivity index is 1.41. The van der Waals surface area contributed by atoms with Gasteiger partial charge in [0, 0.05) is 35.1 Å². The van der Waals surface area contributed by atoms with Gasteiger partial charge in [0.05, 0.1) is 47.3 Å². The highest BCUT2D eigenvalue weighted by Crippen LogP contribution is 2.39. The molecule has 2 atom stereocenters. The van der Waals surface area contributed by atoms with Crippen LogP contribution in [0.5, 0.6) is 0 Å². The van der Waals surface area contributed by atoms with Gasteiger partial charge in [0.15, 0.2) is 11.5 Å². The molecule has 1 aromatic carbocycles. The molecule has 0 aliphatic heterocycles. The van der Waals surface area contributed by atoms with Crippen LogP contribution in [0.4, 0.5) is 14.6 Å². The monoisotopic (exact) mass is 468 g/mol. The van der Waals surface area contributed by atoms with Gasteiger partial charge >= 0.3 is 0 Å². The minimum atomic E-state index is -1.10. The number of aromatic nitrogens is 7. The topological polar surface area (TPSA) is 106 Å². The molecule has 0 unspecified atom stereocenters. The number of alkyl halides is 1. The molecular weight excluding hydrogens is 454 g/mol. The highest BCUT2D eigenvalue weighted by atomic mass is 35.5. The first kappa shape index (κ1) is 19.8. The Labute approximate surface area is 189 Å². The molecule has 0 saturated heterocycles. The molecule has 4 aromatic heterocycles.